The van der Waals surface area contributed by atoms with E-state index < -0.39 is 0 Å². The molecule has 2 aromatic carbocycles. The average Bonchev–Trinajstić information content (AvgIpc) is 3.28. The summed E-state index contributed by atoms with van der Waals surface area (Å²) < 4.78 is 5.83. The van der Waals surface area contributed by atoms with Crippen LogP contribution in [0.15, 0.2) is 53.7 Å². The maximum atomic E-state index is 5.83. The normalized spacial score (nSPS) is 12.9. The molecule has 5 rings (SSSR count). The van der Waals surface area contributed by atoms with Crippen LogP contribution < -0.4 is 15.8 Å². The summed E-state index contributed by atoms with van der Waals surface area (Å²) in [7, 11) is 0. The van der Waals surface area contributed by atoms with Gasteiger partial charge in [0.25, 0.3) is 0 Å². The fraction of sp³-hybridized carbons (Fsp3) is 0.217. The van der Waals surface area contributed by atoms with Crippen LogP contribution in [0, 0.1) is 0 Å². The van der Waals surface area contributed by atoms with Gasteiger partial charge in [-0.2, -0.15) is 4.98 Å². The first-order valence-electron chi connectivity index (χ1n) is 10.5. The number of rotatable bonds is 6. The van der Waals surface area contributed by atoms with Crippen molar-refractivity contribution in [3.05, 3.63) is 59.7 Å². The molecule has 0 atom stereocenters. The molecule has 1 aliphatic rings. The van der Waals surface area contributed by atoms with Gasteiger partial charge in [-0.3, -0.25) is 0 Å². The maximum Gasteiger partial charge on any atom is 0.226 e. The van der Waals surface area contributed by atoms with E-state index >= 15 is 0 Å². The number of nitrogens with one attached hydrogen (secondary N) is 2. The number of aromatic nitrogens is 5. The van der Waals surface area contributed by atoms with Crippen molar-refractivity contribution in [3.63, 3.8) is 0 Å². The van der Waals surface area contributed by atoms with Gasteiger partial charge in [-0.25, -0.2) is 4.98 Å². The minimum atomic E-state index is 0.373. The van der Waals surface area contributed by atoms with E-state index in [1.807, 2.05) is 30.5 Å². The molecule has 8 nitrogen and oxygen atoms in total. The van der Waals surface area contributed by atoms with E-state index in [2.05, 4.69) is 48.7 Å². The number of benzene rings is 2. The maximum absolute atomic E-state index is 5.83. The quantitative estimate of drug-likeness (QED) is 0.281. The molecule has 32 heavy (non-hydrogen) atoms. The predicted molar refractivity (Wildman–Crippen MR) is 126 cm³/mol. The molecule has 0 unspecified atom stereocenters. The van der Waals surface area contributed by atoms with Crippen LogP contribution >= 0.6 is 11.8 Å². The molecule has 0 aliphatic heterocycles. The predicted octanol–water partition coefficient (Wildman–Crippen LogP) is 4.98. The molecule has 162 valence electrons. The van der Waals surface area contributed by atoms with Crippen LogP contribution in [0.4, 0.5) is 17.5 Å². The molecule has 0 saturated carbocycles. The second kappa shape index (κ2) is 8.88. The molecule has 1 aliphatic carbocycles. The molecular formula is C23H23N7OS. The Labute approximate surface area is 190 Å². The summed E-state index contributed by atoms with van der Waals surface area (Å²) in [6.07, 6.45) is 6.60. The van der Waals surface area contributed by atoms with Crippen molar-refractivity contribution in [2.24, 2.45) is 0 Å². The van der Waals surface area contributed by atoms with E-state index in [-0.39, 0.29) is 0 Å². The Bertz CT molecular complexity index is 1240. The van der Waals surface area contributed by atoms with Crippen molar-refractivity contribution in [2.45, 2.75) is 30.8 Å². The number of thioether (sulfide) groups is 1. The van der Waals surface area contributed by atoms with Gasteiger partial charge in [0.05, 0.1) is 0 Å². The topological polar surface area (TPSA) is 115 Å². The first kappa shape index (κ1) is 20.3. The zero-order valence-electron chi connectivity index (χ0n) is 17.6. The second-order valence-electron chi connectivity index (χ2n) is 7.54. The number of hydrogen-bond donors (Lipinski definition) is 3. The van der Waals surface area contributed by atoms with Crippen LogP contribution in [0.1, 0.15) is 24.0 Å². The number of anilines is 3. The molecule has 2 aromatic heterocycles. The van der Waals surface area contributed by atoms with Gasteiger partial charge >= 0.3 is 0 Å². The number of fused-ring (bicyclic) bond motifs is 1. The van der Waals surface area contributed by atoms with E-state index in [4.69, 9.17) is 10.5 Å². The highest BCUT2D eigenvalue weighted by atomic mass is 32.2. The van der Waals surface area contributed by atoms with Crippen molar-refractivity contribution in [1.82, 2.24) is 25.1 Å². The third-order valence-electron chi connectivity index (χ3n) is 5.37. The van der Waals surface area contributed by atoms with Crippen LogP contribution in [-0.4, -0.2) is 31.4 Å². The van der Waals surface area contributed by atoms with Crippen LogP contribution in [-0.2, 0) is 12.8 Å². The summed E-state index contributed by atoms with van der Waals surface area (Å²) in [5.41, 5.74) is 10.6. The fourth-order valence-electron chi connectivity index (χ4n) is 3.84. The number of nitrogens with zero attached hydrogens (tertiary/aromatic N) is 4. The Hall–Kier alpha value is -3.59. The first-order chi connectivity index (χ1) is 15.7. The number of ether oxygens (including phenoxy) is 1. The zero-order chi connectivity index (χ0) is 21.9. The molecule has 0 amide bonds. The van der Waals surface area contributed by atoms with Crippen molar-refractivity contribution in [2.75, 3.05) is 17.3 Å². The number of hydrogen-bond acceptors (Lipinski definition) is 8. The number of nitrogen functional groups attached to an aromatic ring is 1. The first-order valence-corrected chi connectivity index (χ1v) is 11.7. The molecule has 4 N–H and O–H groups in total. The third kappa shape index (κ3) is 4.38. The third-order valence-corrected chi connectivity index (χ3v) is 5.92. The molecular weight excluding hydrogens is 422 g/mol. The Balaban J connectivity index is 1.30. The van der Waals surface area contributed by atoms with Crippen LogP contribution in [0.3, 0.4) is 0 Å². The van der Waals surface area contributed by atoms with Crippen LogP contribution in [0.5, 0.6) is 11.6 Å². The zero-order valence-corrected chi connectivity index (χ0v) is 18.4. The lowest BCUT2D eigenvalue weighted by atomic mass is 9.90. The standard InChI is InChI=1S/C23H23N7OS/c1-32-23-26-19(24)13-20(27-23)31-16-11-9-15(10-12-16)21-28-22(30-29-21)25-18-8-4-6-14-5-2-3-7-17(14)18/h4,6,8-13H,2-3,5,7H2,1H3,(H2,24,26,27)(H2,25,28,29,30). The largest absolute Gasteiger partial charge is 0.439 e. The molecule has 0 bridgehead atoms. The molecule has 4 aromatic rings. The molecule has 9 heteroatoms. The van der Waals surface area contributed by atoms with Gasteiger partial charge in [-0.15, -0.1) is 10.2 Å². The van der Waals surface area contributed by atoms with Gasteiger partial charge in [-0.05, 0) is 73.4 Å². The minimum absolute atomic E-state index is 0.373. The molecule has 2 heterocycles. The summed E-state index contributed by atoms with van der Waals surface area (Å²) in [5.74, 6) is 2.73. The monoisotopic (exact) mass is 445 g/mol. The molecule has 0 saturated heterocycles. The highest BCUT2D eigenvalue weighted by Crippen LogP contribution is 2.30. The van der Waals surface area contributed by atoms with Gasteiger partial charge in [0, 0.05) is 17.3 Å². The smallest absolute Gasteiger partial charge is 0.226 e. The van der Waals surface area contributed by atoms with Gasteiger partial charge in [0.1, 0.15) is 11.6 Å². The number of H-pyrrole nitrogens is 1. The lowest BCUT2D eigenvalue weighted by Crippen LogP contribution is -2.06. The van der Waals surface area contributed by atoms with E-state index in [1.54, 1.807) is 6.07 Å². The minimum Gasteiger partial charge on any atom is -0.439 e. The van der Waals surface area contributed by atoms with Gasteiger partial charge in [0.2, 0.25) is 11.8 Å². The summed E-state index contributed by atoms with van der Waals surface area (Å²) in [5, 5.41) is 12.5. The molecule has 0 radical (unpaired) electrons. The average molecular weight is 446 g/mol. The summed E-state index contributed by atoms with van der Waals surface area (Å²) in [6, 6.07) is 15.6. The summed E-state index contributed by atoms with van der Waals surface area (Å²) >= 11 is 1.41. The Morgan fingerprint density at radius 1 is 1.03 bits per heavy atom. The summed E-state index contributed by atoms with van der Waals surface area (Å²) in [4.78, 5) is 11.7. The Morgan fingerprint density at radius 2 is 1.88 bits per heavy atom. The van der Waals surface area contributed by atoms with Gasteiger partial charge in [0.15, 0.2) is 11.0 Å². The van der Waals surface area contributed by atoms with E-state index in [0.717, 1.165) is 24.1 Å². The van der Waals surface area contributed by atoms with Crippen molar-refractivity contribution < 1.29 is 4.74 Å². The van der Waals surface area contributed by atoms with Crippen molar-refractivity contribution >= 4 is 29.2 Å². The lowest BCUT2D eigenvalue weighted by molar-refractivity contribution is 0.456. The number of aromatic amines is 1. The van der Waals surface area contributed by atoms with Crippen molar-refractivity contribution in [3.8, 4) is 23.0 Å². The second-order valence-corrected chi connectivity index (χ2v) is 8.32. The Kier molecular flexibility index (Phi) is 5.64. The van der Waals surface area contributed by atoms with Gasteiger partial charge < -0.3 is 20.8 Å². The summed E-state index contributed by atoms with van der Waals surface area (Å²) in [6.45, 7) is 0. The fourth-order valence-corrected chi connectivity index (χ4v) is 4.22. The van der Waals surface area contributed by atoms with E-state index in [9.17, 15) is 0 Å². The van der Waals surface area contributed by atoms with Crippen LogP contribution in [0.25, 0.3) is 11.4 Å². The van der Waals surface area contributed by atoms with Crippen LogP contribution in [0.2, 0.25) is 0 Å². The molecule has 0 spiro atoms. The van der Waals surface area contributed by atoms with Crippen molar-refractivity contribution in [1.29, 1.82) is 0 Å². The van der Waals surface area contributed by atoms with E-state index in [0.29, 0.717) is 34.4 Å². The highest BCUT2D eigenvalue weighted by molar-refractivity contribution is 7.98. The van der Waals surface area contributed by atoms with E-state index in [1.165, 1.54) is 35.7 Å². The lowest BCUT2D eigenvalue weighted by Gasteiger charge is -2.19. The molecule has 0 fully saturated rings. The Morgan fingerprint density at radius 3 is 2.72 bits per heavy atom. The SMILES string of the molecule is CSc1nc(N)cc(Oc2ccc(-c3nnc(Nc4cccc5c4CCCC5)[nH]3)cc2)n1. The number of nitrogens with two attached hydrogens (primary N) is 1. The number of aryl methyl sites for hydroxylation is 1. The van der Waals surface area contributed by atoms with Gasteiger partial charge in [-0.1, -0.05) is 23.9 Å². The highest BCUT2D eigenvalue weighted by Gasteiger charge is 2.14.